The second-order valence-corrected chi connectivity index (χ2v) is 9.61. The SMILES string of the molecule is CC(C)c1cccc(C(C)C)c1OS(=O)(=O)NC(=O)C(c1ccccc1)c1ccccc1. The van der Waals surface area contributed by atoms with Crippen molar-refractivity contribution in [2.75, 3.05) is 0 Å². The fourth-order valence-electron chi connectivity index (χ4n) is 3.68. The monoisotopic (exact) mass is 451 g/mol. The molecule has 0 aliphatic rings. The third kappa shape index (κ3) is 5.56. The highest BCUT2D eigenvalue weighted by Crippen LogP contribution is 2.35. The second-order valence-electron chi connectivity index (χ2n) is 8.33. The van der Waals surface area contributed by atoms with E-state index in [9.17, 15) is 13.2 Å². The largest absolute Gasteiger partial charge is 0.409 e. The molecule has 3 aromatic rings. The molecule has 3 aromatic carbocycles. The van der Waals surface area contributed by atoms with Crippen molar-refractivity contribution in [1.82, 2.24) is 4.72 Å². The van der Waals surface area contributed by atoms with E-state index >= 15 is 0 Å². The first-order valence-corrected chi connectivity index (χ1v) is 12.1. The topological polar surface area (TPSA) is 72.5 Å². The van der Waals surface area contributed by atoms with Gasteiger partial charge < -0.3 is 4.18 Å². The highest BCUT2D eigenvalue weighted by molar-refractivity contribution is 7.85. The summed E-state index contributed by atoms with van der Waals surface area (Å²) in [4.78, 5) is 13.2. The molecule has 5 nitrogen and oxygen atoms in total. The smallest absolute Gasteiger partial charge is 0.366 e. The summed E-state index contributed by atoms with van der Waals surface area (Å²) >= 11 is 0. The van der Waals surface area contributed by atoms with E-state index in [-0.39, 0.29) is 17.6 Å². The van der Waals surface area contributed by atoms with Gasteiger partial charge in [0.1, 0.15) is 0 Å². The molecule has 0 spiro atoms. The van der Waals surface area contributed by atoms with Crippen LogP contribution in [-0.2, 0) is 15.1 Å². The lowest BCUT2D eigenvalue weighted by Crippen LogP contribution is -2.38. The van der Waals surface area contributed by atoms with Gasteiger partial charge in [-0.25, -0.2) is 4.72 Å². The van der Waals surface area contributed by atoms with E-state index in [1.54, 1.807) is 24.3 Å². The number of rotatable bonds is 8. The molecular weight excluding hydrogens is 422 g/mol. The molecule has 3 rings (SSSR count). The standard InChI is InChI=1S/C26H29NO4S/c1-18(2)22-16-11-17-23(19(3)4)25(22)31-32(29,30)27-26(28)24(20-12-7-5-8-13-20)21-14-9-6-10-15-21/h5-19,24H,1-4H3,(H,27,28). The Labute approximate surface area is 190 Å². The Morgan fingerprint density at radius 3 is 1.56 bits per heavy atom. The summed E-state index contributed by atoms with van der Waals surface area (Å²) in [5, 5.41) is 0. The molecule has 0 aliphatic heterocycles. The maximum atomic E-state index is 13.2. The van der Waals surface area contributed by atoms with E-state index in [0.717, 1.165) is 11.1 Å². The Morgan fingerprint density at radius 2 is 1.16 bits per heavy atom. The molecule has 0 unspecified atom stereocenters. The molecule has 0 saturated heterocycles. The lowest BCUT2D eigenvalue weighted by molar-refractivity contribution is -0.120. The maximum absolute atomic E-state index is 13.2. The molecule has 0 aromatic heterocycles. The summed E-state index contributed by atoms with van der Waals surface area (Å²) in [6, 6.07) is 23.8. The van der Waals surface area contributed by atoms with Crippen LogP contribution in [0.4, 0.5) is 0 Å². The minimum atomic E-state index is -4.41. The number of amides is 1. The van der Waals surface area contributed by atoms with Crippen molar-refractivity contribution in [3.63, 3.8) is 0 Å². The van der Waals surface area contributed by atoms with Crippen molar-refractivity contribution in [3.8, 4) is 5.75 Å². The highest BCUT2D eigenvalue weighted by atomic mass is 32.2. The minimum absolute atomic E-state index is 0.0518. The summed E-state index contributed by atoms with van der Waals surface area (Å²) in [6.07, 6.45) is 0. The maximum Gasteiger partial charge on any atom is 0.409 e. The van der Waals surface area contributed by atoms with E-state index in [1.807, 2.05) is 82.3 Å². The van der Waals surface area contributed by atoms with Crippen LogP contribution >= 0.6 is 0 Å². The zero-order chi connectivity index (χ0) is 23.3. The van der Waals surface area contributed by atoms with Gasteiger partial charge in [-0.2, -0.15) is 8.42 Å². The zero-order valence-electron chi connectivity index (χ0n) is 18.8. The fraction of sp³-hybridized carbons (Fsp3) is 0.269. The van der Waals surface area contributed by atoms with E-state index < -0.39 is 22.1 Å². The Bertz CT molecular complexity index is 1090. The molecule has 0 heterocycles. The normalized spacial score (nSPS) is 11.7. The summed E-state index contributed by atoms with van der Waals surface area (Å²) in [6.45, 7) is 7.88. The van der Waals surface area contributed by atoms with Crippen LogP contribution in [0.5, 0.6) is 5.75 Å². The number of hydrogen-bond acceptors (Lipinski definition) is 4. The molecule has 1 N–H and O–H groups in total. The van der Waals surface area contributed by atoms with Gasteiger partial charge in [0.25, 0.3) is 0 Å². The van der Waals surface area contributed by atoms with Crippen LogP contribution in [0.1, 0.15) is 67.7 Å². The zero-order valence-corrected chi connectivity index (χ0v) is 19.6. The van der Waals surface area contributed by atoms with Crippen molar-refractivity contribution in [2.24, 2.45) is 0 Å². The quantitative estimate of drug-likeness (QED) is 0.490. The van der Waals surface area contributed by atoms with Gasteiger partial charge in [0, 0.05) is 0 Å². The van der Waals surface area contributed by atoms with Crippen LogP contribution in [0.25, 0.3) is 0 Å². The van der Waals surface area contributed by atoms with Crippen LogP contribution < -0.4 is 8.91 Å². The Hall–Kier alpha value is -3.12. The Balaban J connectivity index is 1.95. The van der Waals surface area contributed by atoms with Crippen LogP contribution in [0.15, 0.2) is 78.9 Å². The van der Waals surface area contributed by atoms with Crippen LogP contribution in [0, 0.1) is 0 Å². The van der Waals surface area contributed by atoms with Crippen LogP contribution in [-0.4, -0.2) is 14.3 Å². The van der Waals surface area contributed by atoms with Crippen molar-refractivity contribution in [3.05, 3.63) is 101 Å². The van der Waals surface area contributed by atoms with Gasteiger partial charge in [-0.05, 0) is 34.1 Å². The Kier molecular flexibility index (Phi) is 7.36. The molecule has 0 saturated carbocycles. The predicted molar refractivity (Wildman–Crippen MR) is 127 cm³/mol. The molecule has 168 valence electrons. The number of carbonyl (C=O) groups excluding carboxylic acids is 1. The molecule has 0 bridgehead atoms. The number of carbonyl (C=O) groups is 1. The van der Waals surface area contributed by atoms with Gasteiger partial charge >= 0.3 is 10.3 Å². The lowest BCUT2D eigenvalue weighted by Gasteiger charge is -2.21. The molecular formula is C26H29NO4S. The number of nitrogens with one attached hydrogen (secondary N) is 1. The summed E-state index contributed by atoms with van der Waals surface area (Å²) in [7, 11) is -4.41. The minimum Gasteiger partial charge on any atom is -0.366 e. The molecule has 0 atom stereocenters. The van der Waals surface area contributed by atoms with E-state index in [2.05, 4.69) is 4.72 Å². The molecule has 0 aliphatic carbocycles. The number of benzene rings is 3. The first-order chi connectivity index (χ1) is 15.2. The van der Waals surface area contributed by atoms with Crippen LogP contribution in [0.2, 0.25) is 0 Å². The van der Waals surface area contributed by atoms with E-state index in [4.69, 9.17) is 4.18 Å². The van der Waals surface area contributed by atoms with E-state index in [0.29, 0.717) is 11.1 Å². The first-order valence-electron chi connectivity index (χ1n) is 10.7. The van der Waals surface area contributed by atoms with Gasteiger partial charge in [-0.1, -0.05) is 107 Å². The average molecular weight is 452 g/mol. The highest BCUT2D eigenvalue weighted by Gasteiger charge is 2.29. The average Bonchev–Trinajstić information content (AvgIpc) is 2.74. The lowest BCUT2D eigenvalue weighted by atomic mass is 9.91. The van der Waals surface area contributed by atoms with Gasteiger partial charge in [0.05, 0.1) is 5.92 Å². The van der Waals surface area contributed by atoms with Gasteiger partial charge in [0.15, 0.2) is 5.75 Å². The van der Waals surface area contributed by atoms with Crippen LogP contribution in [0.3, 0.4) is 0 Å². The third-order valence-electron chi connectivity index (χ3n) is 5.27. The number of para-hydroxylation sites is 1. The molecule has 1 amide bonds. The molecule has 0 radical (unpaired) electrons. The summed E-state index contributed by atoms with van der Waals surface area (Å²) < 4.78 is 33.6. The van der Waals surface area contributed by atoms with Crippen molar-refractivity contribution >= 4 is 16.2 Å². The summed E-state index contributed by atoms with van der Waals surface area (Å²) in [5.74, 6) is -1.07. The Morgan fingerprint density at radius 1 is 0.719 bits per heavy atom. The van der Waals surface area contributed by atoms with Crippen molar-refractivity contribution in [2.45, 2.75) is 45.4 Å². The van der Waals surface area contributed by atoms with Crippen molar-refractivity contribution in [1.29, 1.82) is 0 Å². The van der Waals surface area contributed by atoms with Gasteiger partial charge in [-0.15, -0.1) is 0 Å². The van der Waals surface area contributed by atoms with Crippen molar-refractivity contribution < 1.29 is 17.4 Å². The number of hydrogen-bond donors (Lipinski definition) is 1. The predicted octanol–water partition coefficient (Wildman–Crippen LogP) is 5.51. The van der Waals surface area contributed by atoms with E-state index in [1.165, 1.54) is 0 Å². The third-order valence-corrected chi connectivity index (χ3v) is 6.10. The molecule has 32 heavy (non-hydrogen) atoms. The van der Waals surface area contributed by atoms with Gasteiger partial charge in [0.2, 0.25) is 5.91 Å². The molecule has 0 fully saturated rings. The summed E-state index contributed by atoms with van der Waals surface area (Å²) in [5.41, 5.74) is 2.93. The molecule has 6 heteroatoms. The first kappa shape index (κ1) is 23.5. The second kappa shape index (κ2) is 10.0. The van der Waals surface area contributed by atoms with Gasteiger partial charge in [-0.3, -0.25) is 4.79 Å². The fourth-order valence-corrected chi connectivity index (χ4v) is 4.50.